The van der Waals surface area contributed by atoms with Gasteiger partial charge in [-0.05, 0) is 31.5 Å². The van der Waals surface area contributed by atoms with Crippen LogP contribution in [0.15, 0.2) is 66.1 Å². The van der Waals surface area contributed by atoms with Crippen LogP contribution in [0.25, 0.3) is 5.69 Å². The van der Waals surface area contributed by atoms with Crippen LogP contribution in [0.5, 0.6) is 0 Å². The van der Waals surface area contributed by atoms with E-state index in [-0.39, 0.29) is 11.7 Å². The first-order chi connectivity index (χ1) is 13.2. The van der Waals surface area contributed by atoms with Crippen LogP contribution in [0, 0.1) is 5.82 Å². The zero-order valence-corrected chi connectivity index (χ0v) is 16.1. The normalized spacial score (nSPS) is 12.0. The van der Waals surface area contributed by atoms with Gasteiger partial charge in [-0.1, -0.05) is 54.2 Å². The lowest BCUT2D eigenvalue weighted by molar-refractivity contribution is -0.130. The molecular weight excluding hydrogens is 363 g/mol. The fourth-order valence-electron chi connectivity index (χ4n) is 2.81. The molecule has 1 heterocycles. The fourth-order valence-corrected chi connectivity index (χ4v) is 3.92. The number of carbonyl (C=O) groups is 1. The van der Waals surface area contributed by atoms with Crippen molar-refractivity contribution in [2.45, 2.75) is 24.3 Å². The summed E-state index contributed by atoms with van der Waals surface area (Å²) in [6, 6.07) is 16.0. The highest BCUT2D eigenvalue weighted by atomic mass is 32.2. The number of carbonyl (C=O) groups excluding carboxylic acids is 1. The second-order valence-corrected chi connectivity index (χ2v) is 6.93. The molecule has 0 aliphatic carbocycles. The van der Waals surface area contributed by atoms with Gasteiger partial charge in [0.25, 0.3) is 0 Å². The number of halogens is 1. The number of hydrogen-bond acceptors (Lipinski definition) is 4. The molecule has 7 heteroatoms. The maximum atomic E-state index is 14.2. The summed E-state index contributed by atoms with van der Waals surface area (Å²) >= 11 is 1.28. The summed E-state index contributed by atoms with van der Waals surface area (Å²) < 4.78 is 15.8. The van der Waals surface area contributed by atoms with E-state index in [1.807, 2.05) is 44.2 Å². The van der Waals surface area contributed by atoms with Gasteiger partial charge in [0.1, 0.15) is 17.4 Å². The van der Waals surface area contributed by atoms with Crippen molar-refractivity contribution in [3.63, 3.8) is 0 Å². The van der Waals surface area contributed by atoms with Crippen LogP contribution in [0.3, 0.4) is 0 Å². The molecule has 0 spiro atoms. The predicted octanol–water partition coefficient (Wildman–Crippen LogP) is 4.11. The Morgan fingerprint density at radius 2 is 1.78 bits per heavy atom. The van der Waals surface area contributed by atoms with Gasteiger partial charge in [0, 0.05) is 13.1 Å². The van der Waals surface area contributed by atoms with Gasteiger partial charge < -0.3 is 4.90 Å². The Labute approximate surface area is 162 Å². The highest BCUT2D eigenvalue weighted by molar-refractivity contribution is 8.00. The average molecular weight is 384 g/mol. The average Bonchev–Trinajstić information content (AvgIpc) is 3.16. The van der Waals surface area contributed by atoms with E-state index >= 15 is 0 Å². The lowest BCUT2D eigenvalue weighted by Gasteiger charge is -2.25. The molecule has 0 aliphatic rings. The molecule has 0 saturated carbocycles. The summed E-state index contributed by atoms with van der Waals surface area (Å²) in [5, 5.41) is 8.04. The van der Waals surface area contributed by atoms with Crippen LogP contribution in [-0.4, -0.2) is 38.7 Å². The third-order valence-corrected chi connectivity index (χ3v) is 5.45. The summed E-state index contributed by atoms with van der Waals surface area (Å²) in [7, 11) is 0. The van der Waals surface area contributed by atoms with E-state index in [9.17, 15) is 9.18 Å². The molecule has 27 heavy (non-hydrogen) atoms. The maximum Gasteiger partial charge on any atom is 0.240 e. The zero-order chi connectivity index (χ0) is 19.2. The first kappa shape index (κ1) is 19.1. The first-order valence-electron chi connectivity index (χ1n) is 8.81. The Morgan fingerprint density at radius 1 is 1.11 bits per heavy atom. The molecule has 0 bridgehead atoms. The third kappa shape index (κ3) is 4.19. The lowest BCUT2D eigenvalue weighted by atomic mass is 10.1. The standard InChI is InChI=1S/C20H21FN4OS/c1-3-24(4-2)19(26)18(15-10-6-5-7-11-15)27-20-23-22-14-25(20)17-13-9-8-12-16(17)21/h5-14,18H,3-4H2,1-2H3. The number of rotatable bonds is 7. The van der Waals surface area contributed by atoms with Crippen LogP contribution < -0.4 is 0 Å². The van der Waals surface area contributed by atoms with Crippen molar-refractivity contribution < 1.29 is 9.18 Å². The first-order valence-corrected chi connectivity index (χ1v) is 9.69. The largest absolute Gasteiger partial charge is 0.342 e. The summed E-state index contributed by atoms with van der Waals surface area (Å²) in [6.45, 7) is 5.16. The van der Waals surface area contributed by atoms with Crippen LogP contribution in [0.2, 0.25) is 0 Å². The molecule has 0 saturated heterocycles. The minimum Gasteiger partial charge on any atom is -0.342 e. The molecule has 0 radical (unpaired) electrons. The molecule has 1 aromatic heterocycles. The van der Waals surface area contributed by atoms with Crippen molar-refractivity contribution in [2.75, 3.05) is 13.1 Å². The molecule has 1 atom stereocenters. The Balaban J connectivity index is 1.98. The molecule has 1 unspecified atom stereocenters. The number of para-hydroxylation sites is 1. The van der Waals surface area contributed by atoms with E-state index in [0.29, 0.717) is 23.9 Å². The lowest BCUT2D eigenvalue weighted by Crippen LogP contribution is -2.34. The maximum absolute atomic E-state index is 14.2. The van der Waals surface area contributed by atoms with Gasteiger partial charge in [-0.25, -0.2) is 4.39 Å². The van der Waals surface area contributed by atoms with E-state index in [1.54, 1.807) is 27.7 Å². The second-order valence-electron chi connectivity index (χ2n) is 5.85. The van der Waals surface area contributed by atoms with E-state index in [1.165, 1.54) is 24.2 Å². The number of hydrogen-bond donors (Lipinski definition) is 0. The van der Waals surface area contributed by atoms with Gasteiger partial charge in [0.05, 0.1) is 5.69 Å². The fraction of sp³-hybridized carbons (Fsp3) is 0.250. The monoisotopic (exact) mass is 384 g/mol. The highest BCUT2D eigenvalue weighted by Gasteiger charge is 2.28. The molecule has 0 N–H and O–H groups in total. The van der Waals surface area contributed by atoms with Crippen LogP contribution >= 0.6 is 11.8 Å². The second kappa shape index (κ2) is 8.81. The Morgan fingerprint density at radius 3 is 2.44 bits per heavy atom. The van der Waals surface area contributed by atoms with Gasteiger partial charge in [-0.3, -0.25) is 9.36 Å². The van der Waals surface area contributed by atoms with Gasteiger partial charge >= 0.3 is 0 Å². The SMILES string of the molecule is CCN(CC)C(=O)C(Sc1nncn1-c1ccccc1F)c1ccccc1. The van der Waals surface area contributed by atoms with E-state index in [0.717, 1.165) is 5.56 Å². The molecule has 140 valence electrons. The molecule has 3 rings (SSSR count). The van der Waals surface area contributed by atoms with Crippen molar-refractivity contribution in [3.05, 3.63) is 72.3 Å². The number of nitrogens with zero attached hydrogens (tertiary/aromatic N) is 4. The van der Waals surface area contributed by atoms with Gasteiger partial charge in [-0.15, -0.1) is 10.2 Å². The number of benzene rings is 2. The molecule has 5 nitrogen and oxygen atoms in total. The molecular formula is C20H21FN4OS. The van der Waals surface area contributed by atoms with E-state index in [2.05, 4.69) is 10.2 Å². The van der Waals surface area contributed by atoms with Crippen LogP contribution in [0.4, 0.5) is 4.39 Å². The van der Waals surface area contributed by atoms with Crippen molar-refractivity contribution in [2.24, 2.45) is 0 Å². The Bertz CT molecular complexity index is 896. The summed E-state index contributed by atoms with van der Waals surface area (Å²) in [5.41, 5.74) is 1.23. The van der Waals surface area contributed by atoms with Crippen molar-refractivity contribution in [3.8, 4) is 5.69 Å². The zero-order valence-electron chi connectivity index (χ0n) is 15.2. The number of amides is 1. The minimum atomic E-state index is -0.485. The van der Waals surface area contributed by atoms with Gasteiger partial charge in [-0.2, -0.15) is 0 Å². The highest BCUT2D eigenvalue weighted by Crippen LogP contribution is 2.36. The van der Waals surface area contributed by atoms with Crippen LogP contribution in [0.1, 0.15) is 24.7 Å². The number of likely N-dealkylation sites (N-methyl/N-ethyl adjacent to an activating group) is 1. The Hall–Kier alpha value is -2.67. The quantitative estimate of drug-likeness (QED) is 0.575. The summed E-state index contributed by atoms with van der Waals surface area (Å²) in [6.07, 6.45) is 1.46. The van der Waals surface area contributed by atoms with Crippen molar-refractivity contribution >= 4 is 17.7 Å². The molecule has 3 aromatic rings. The van der Waals surface area contributed by atoms with Crippen molar-refractivity contribution in [1.29, 1.82) is 0 Å². The molecule has 0 aliphatic heterocycles. The number of thioether (sulfide) groups is 1. The predicted molar refractivity (Wildman–Crippen MR) is 104 cm³/mol. The topological polar surface area (TPSA) is 51.0 Å². The number of aromatic nitrogens is 3. The van der Waals surface area contributed by atoms with E-state index < -0.39 is 5.25 Å². The summed E-state index contributed by atoms with van der Waals surface area (Å²) in [5.74, 6) is -0.371. The smallest absolute Gasteiger partial charge is 0.240 e. The van der Waals surface area contributed by atoms with Gasteiger partial charge in [0.2, 0.25) is 5.91 Å². The molecule has 0 fully saturated rings. The van der Waals surface area contributed by atoms with E-state index in [4.69, 9.17) is 0 Å². The van der Waals surface area contributed by atoms with Gasteiger partial charge in [0.15, 0.2) is 5.16 Å². The summed E-state index contributed by atoms with van der Waals surface area (Å²) in [4.78, 5) is 14.9. The molecule has 2 aromatic carbocycles. The minimum absolute atomic E-state index is 0.000663. The molecule has 1 amide bonds. The Kier molecular flexibility index (Phi) is 6.24. The van der Waals surface area contributed by atoms with Crippen molar-refractivity contribution in [1.82, 2.24) is 19.7 Å². The third-order valence-electron chi connectivity index (χ3n) is 4.25. The van der Waals surface area contributed by atoms with Crippen LogP contribution in [-0.2, 0) is 4.79 Å².